The van der Waals surface area contributed by atoms with Gasteiger partial charge in [0.2, 0.25) is 0 Å². The van der Waals surface area contributed by atoms with E-state index in [0.717, 1.165) is 6.07 Å². The van der Waals surface area contributed by atoms with Crippen LogP contribution in [0.15, 0.2) is 18.2 Å². The zero-order valence-electron chi connectivity index (χ0n) is 16.3. The van der Waals surface area contributed by atoms with Gasteiger partial charge in [0.25, 0.3) is 0 Å². The quantitative estimate of drug-likeness (QED) is 0.595. The van der Waals surface area contributed by atoms with Crippen molar-refractivity contribution in [2.24, 2.45) is 5.73 Å². The van der Waals surface area contributed by atoms with Crippen LogP contribution in [0.4, 0.5) is 13.2 Å². The summed E-state index contributed by atoms with van der Waals surface area (Å²) in [6.07, 6.45) is -0.374. The van der Waals surface area contributed by atoms with Crippen molar-refractivity contribution >= 4 is 5.97 Å². The van der Waals surface area contributed by atoms with Crippen LogP contribution in [0.5, 0.6) is 0 Å². The summed E-state index contributed by atoms with van der Waals surface area (Å²) >= 11 is 0. The largest absolute Gasteiger partial charge is 0.466 e. The van der Waals surface area contributed by atoms with E-state index in [1.807, 2.05) is 0 Å². The van der Waals surface area contributed by atoms with Gasteiger partial charge in [0.05, 0.1) is 13.0 Å². The minimum Gasteiger partial charge on any atom is -0.466 e. The summed E-state index contributed by atoms with van der Waals surface area (Å²) in [6.45, 7) is 6.58. The van der Waals surface area contributed by atoms with Gasteiger partial charge in [0, 0.05) is 22.7 Å². The Morgan fingerprint density at radius 3 is 2.29 bits per heavy atom. The molecular formula is C22H22F3NO2. The van der Waals surface area contributed by atoms with Gasteiger partial charge in [-0.25, -0.2) is 13.2 Å². The fraction of sp³-hybridized carbons (Fsp3) is 0.318. The lowest BCUT2D eigenvalue weighted by molar-refractivity contribution is -0.143. The van der Waals surface area contributed by atoms with E-state index in [2.05, 4.69) is 11.8 Å². The van der Waals surface area contributed by atoms with Gasteiger partial charge >= 0.3 is 5.97 Å². The molecule has 0 fully saturated rings. The molecule has 0 aliphatic carbocycles. The highest BCUT2D eigenvalue weighted by Crippen LogP contribution is 2.37. The van der Waals surface area contributed by atoms with E-state index in [9.17, 15) is 13.6 Å². The van der Waals surface area contributed by atoms with Gasteiger partial charge in [-0.15, -0.1) is 5.92 Å². The molecule has 1 unspecified atom stereocenters. The number of aryl methyl sites for hydroxylation is 2. The first-order valence-electron chi connectivity index (χ1n) is 8.84. The standard InChI is InChI=1S/C22H22F3NO2/c1-5-7-14-10-16(24)21(17(26)11-18(27)28-6-2)22(25)20(14)19-12(3)8-15(23)9-13(19)4/h8-10,17H,6,11,26H2,1-4H3. The first-order valence-corrected chi connectivity index (χ1v) is 8.84. The van der Waals surface area contributed by atoms with Gasteiger partial charge in [0.1, 0.15) is 17.5 Å². The SMILES string of the molecule is CC#Cc1cc(F)c(C(N)CC(=O)OCC)c(F)c1-c1c(C)cc(F)cc1C. The monoisotopic (exact) mass is 389 g/mol. The van der Waals surface area contributed by atoms with Gasteiger partial charge < -0.3 is 10.5 Å². The van der Waals surface area contributed by atoms with Crippen molar-refractivity contribution in [2.45, 2.75) is 40.2 Å². The number of carbonyl (C=O) groups is 1. The third-order valence-corrected chi connectivity index (χ3v) is 4.32. The molecule has 0 saturated carbocycles. The normalized spacial score (nSPS) is 11.6. The zero-order chi connectivity index (χ0) is 21.0. The summed E-state index contributed by atoms with van der Waals surface area (Å²) in [5.41, 5.74) is 7.04. The molecule has 0 spiro atoms. The number of hydrogen-bond acceptors (Lipinski definition) is 3. The van der Waals surface area contributed by atoms with E-state index >= 15 is 4.39 Å². The molecule has 1 atom stereocenters. The van der Waals surface area contributed by atoms with Crippen LogP contribution in [0.3, 0.4) is 0 Å². The third kappa shape index (κ3) is 4.37. The average Bonchev–Trinajstić information content (AvgIpc) is 2.56. The highest BCUT2D eigenvalue weighted by Gasteiger charge is 2.27. The van der Waals surface area contributed by atoms with Crippen LogP contribution in [-0.4, -0.2) is 12.6 Å². The molecule has 6 heteroatoms. The Hall–Kier alpha value is -2.78. The van der Waals surface area contributed by atoms with E-state index in [-0.39, 0.29) is 24.2 Å². The summed E-state index contributed by atoms with van der Waals surface area (Å²) in [5.74, 6) is 2.42. The second kappa shape index (κ2) is 8.94. The van der Waals surface area contributed by atoms with Crippen LogP contribution < -0.4 is 5.73 Å². The fourth-order valence-electron chi connectivity index (χ4n) is 3.26. The smallest absolute Gasteiger partial charge is 0.307 e. The molecule has 28 heavy (non-hydrogen) atoms. The Bertz CT molecular complexity index is 951. The van der Waals surface area contributed by atoms with Crippen molar-refractivity contribution in [3.8, 4) is 23.0 Å². The zero-order valence-corrected chi connectivity index (χ0v) is 16.3. The van der Waals surface area contributed by atoms with Crippen LogP contribution in [0, 0.1) is 43.1 Å². The molecular weight excluding hydrogens is 367 g/mol. The maximum absolute atomic E-state index is 15.5. The predicted octanol–water partition coefficient (Wildman–Crippen LogP) is 4.71. The second-order valence-electron chi connectivity index (χ2n) is 6.41. The van der Waals surface area contributed by atoms with Crippen molar-refractivity contribution < 1.29 is 22.7 Å². The third-order valence-electron chi connectivity index (χ3n) is 4.32. The molecule has 148 valence electrons. The van der Waals surface area contributed by atoms with Crippen LogP contribution in [0.25, 0.3) is 11.1 Å². The number of benzene rings is 2. The first kappa shape index (κ1) is 21.5. The van der Waals surface area contributed by atoms with E-state index in [0.29, 0.717) is 16.7 Å². The number of nitrogens with two attached hydrogens (primary N) is 1. The summed E-state index contributed by atoms with van der Waals surface area (Å²) in [7, 11) is 0. The Balaban J connectivity index is 2.74. The van der Waals surface area contributed by atoms with Gasteiger partial charge in [-0.05, 0) is 62.6 Å². The van der Waals surface area contributed by atoms with E-state index in [1.54, 1.807) is 27.7 Å². The molecule has 2 aromatic rings. The first-order chi connectivity index (χ1) is 13.2. The Kier molecular flexibility index (Phi) is 6.87. The minimum atomic E-state index is -1.23. The lowest BCUT2D eigenvalue weighted by Crippen LogP contribution is -2.20. The summed E-state index contributed by atoms with van der Waals surface area (Å²) in [5, 5.41) is 0. The van der Waals surface area contributed by atoms with Gasteiger partial charge in [-0.3, -0.25) is 4.79 Å². The van der Waals surface area contributed by atoms with Crippen LogP contribution in [-0.2, 0) is 9.53 Å². The van der Waals surface area contributed by atoms with Gasteiger partial charge in [-0.2, -0.15) is 0 Å². The molecule has 2 aromatic carbocycles. The maximum atomic E-state index is 15.5. The number of esters is 1. The predicted molar refractivity (Wildman–Crippen MR) is 102 cm³/mol. The van der Waals surface area contributed by atoms with Crippen molar-refractivity contribution in [3.63, 3.8) is 0 Å². The summed E-state index contributed by atoms with van der Waals surface area (Å²) < 4.78 is 48.7. The maximum Gasteiger partial charge on any atom is 0.307 e. The van der Waals surface area contributed by atoms with E-state index in [4.69, 9.17) is 10.5 Å². The second-order valence-corrected chi connectivity index (χ2v) is 6.41. The van der Waals surface area contributed by atoms with Crippen molar-refractivity contribution in [3.05, 3.63) is 57.9 Å². The summed E-state index contributed by atoms with van der Waals surface area (Å²) in [6, 6.07) is 2.40. The summed E-state index contributed by atoms with van der Waals surface area (Å²) in [4.78, 5) is 11.7. The molecule has 0 amide bonds. The number of ether oxygens (including phenoxy) is 1. The van der Waals surface area contributed by atoms with Crippen molar-refractivity contribution in [1.29, 1.82) is 0 Å². The Morgan fingerprint density at radius 2 is 1.75 bits per heavy atom. The van der Waals surface area contributed by atoms with Gasteiger partial charge in [-0.1, -0.05) is 5.92 Å². The molecule has 0 radical (unpaired) electrons. The topological polar surface area (TPSA) is 52.3 Å². The van der Waals surface area contributed by atoms with Crippen LogP contribution in [0.2, 0.25) is 0 Å². The van der Waals surface area contributed by atoms with Crippen LogP contribution >= 0.6 is 0 Å². The molecule has 0 aromatic heterocycles. The molecule has 0 aliphatic heterocycles. The minimum absolute atomic E-state index is 0.0417. The lowest BCUT2D eigenvalue weighted by atomic mass is 9.88. The number of halogens is 3. The van der Waals surface area contributed by atoms with Gasteiger partial charge in [0.15, 0.2) is 0 Å². The van der Waals surface area contributed by atoms with Crippen molar-refractivity contribution in [1.82, 2.24) is 0 Å². The highest BCUT2D eigenvalue weighted by atomic mass is 19.1. The molecule has 0 aliphatic rings. The molecule has 2 rings (SSSR count). The van der Waals surface area contributed by atoms with E-state index in [1.165, 1.54) is 12.1 Å². The van der Waals surface area contributed by atoms with Crippen molar-refractivity contribution in [2.75, 3.05) is 6.61 Å². The lowest BCUT2D eigenvalue weighted by Gasteiger charge is -2.19. The number of hydrogen-bond donors (Lipinski definition) is 1. The average molecular weight is 389 g/mol. The van der Waals surface area contributed by atoms with Crippen LogP contribution in [0.1, 0.15) is 48.6 Å². The molecule has 0 heterocycles. The molecule has 2 N–H and O–H groups in total. The Morgan fingerprint density at radius 1 is 1.14 bits per heavy atom. The van der Waals surface area contributed by atoms with E-state index < -0.39 is 35.0 Å². The molecule has 0 bridgehead atoms. The highest BCUT2D eigenvalue weighted by molar-refractivity contribution is 5.78. The Labute approximate surface area is 162 Å². The number of carbonyl (C=O) groups excluding carboxylic acids is 1. The fourth-order valence-corrected chi connectivity index (χ4v) is 3.26. The number of rotatable bonds is 5. The molecule has 3 nitrogen and oxygen atoms in total. The molecule has 0 saturated heterocycles.